The minimum Gasteiger partial charge on any atom is -0.462 e. The minimum absolute atomic E-state index is 0.179. The van der Waals surface area contributed by atoms with Gasteiger partial charge in [0.25, 0.3) is 0 Å². The van der Waals surface area contributed by atoms with Crippen LogP contribution in [0.3, 0.4) is 0 Å². The molecule has 4 rings (SSSR count). The fraction of sp³-hybridized carbons (Fsp3) is 0.304. The van der Waals surface area contributed by atoms with E-state index >= 15 is 0 Å². The molecular formula is C23H24N4O3S2. The molecule has 1 aromatic carbocycles. The summed E-state index contributed by atoms with van der Waals surface area (Å²) in [6, 6.07) is 11.9. The third-order valence-electron chi connectivity index (χ3n) is 5.26. The summed E-state index contributed by atoms with van der Waals surface area (Å²) in [6.45, 7) is 7.80. The zero-order chi connectivity index (χ0) is 22.8. The lowest BCUT2D eigenvalue weighted by molar-refractivity contribution is -0.115. The molecule has 7 nitrogen and oxygen atoms in total. The van der Waals surface area contributed by atoms with E-state index in [1.165, 1.54) is 23.1 Å². The second kappa shape index (κ2) is 9.30. The average Bonchev–Trinajstić information content (AvgIpc) is 3.32. The van der Waals surface area contributed by atoms with Gasteiger partial charge in [0, 0.05) is 4.88 Å². The zero-order valence-corrected chi connectivity index (χ0v) is 20.0. The molecule has 0 radical (unpaired) electrons. The van der Waals surface area contributed by atoms with Gasteiger partial charge in [-0.1, -0.05) is 36.9 Å². The first kappa shape index (κ1) is 22.3. The highest BCUT2D eigenvalue weighted by molar-refractivity contribution is 8.00. The fourth-order valence-corrected chi connectivity index (χ4v) is 5.52. The van der Waals surface area contributed by atoms with Crippen LogP contribution in [0.1, 0.15) is 41.1 Å². The standard InChI is InChI=1S/C23H24N4O3S2/c1-5-17(20(28)24-21-19(22(29)30-6-2)13(3)14(4)31-21)32-23-26-25-18-12-11-15-9-7-8-10-16(15)27(18)23/h7-12,17H,5-6H2,1-4H3,(H,24,28). The summed E-state index contributed by atoms with van der Waals surface area (Å²) < 4.78 is 7.17. The van der Waals surface area contributed by atoms with Gasteiger partial charge in [-0.15, -0.1) is 21.5 Å². The lowest BCUT2D eigenvalue weighted by Gasteiger charge is -2.14. The number of amides is 1. The number of hydrogen-bond acceptors (Lipinski definition) is 7. The van der Waals surface area contributed by atoms with Gasteiger partial charge in [0.05, 0.1) is 22.9 Å². The predicted molar refractivity (Wildman–Crippen MR) is 129 cm³/mol. The Kier molecular flexibility index (Phi) is 6.48. The molecule has 4 aromatic rings. The van der Waals surface area contributed by atoms with E-state index in [9.17, 15) is 9.59 Å². The maximum Gasteiger partial charge on any atom is 0.341 e. The van der Waals surface area contributed by atoms with Gasteiger partial charge in [0.2, 0.25) is 5.91 Å². The van der Waals surface area contributed by atoms with Crippen LogP contribution >= 0.6 is 23.1 Å². The monoisotopic (exact) mass is 468 g/mol. The molecule has 1 atom stereocenters. The molecule has 166 valence electrons. The summed E-state index contributed by atoms with van der Waals surface area (Å²) in [6.07, 6.45) is 0.592. The number of para-hydroxylation sites is 1. The Hall–Kier alpha value is -2.91. The molecule has 0 saturated carbocycles. The zero-order valence-electron chi connectivity index (χ0n) is 18.3. The second-order valence-corrected chi connectivity index (χ2v) is 9.67. The number of thiophene rings is 1. The van der Waals surface area contributed by atoms with Crippen molar-refractivity contribution in [3.63, 3.8) is 0 Å². The number of pyridine rings is 1. The highest BCUT2D eigenvalue weighted by atomic mass is 32.2. The summed E-state index contributed by atoms with van der Waals surface area (Å²) in [5.74, 6) is -0.596. The maximum absolute atomic E-state index is 13.2. The number of anilines is 1. The number of benzene rings is 1. The van der Waals surface area contributed by atoms with Crippen molar-refractivity contribution in [2.45, 2.75) is 44.5 Å². The molecular weight excluding hydrogens is 444 g/mol. The van der Waals surface area contributed by atoms with E-state index in [0.29, 0.717) is 22.1 Å². The number of esters is 1. The SMILES string of the molecule is CCOC(=O)c1c(NC(=O)C(CC)Sc2nnc3ccc4ccccc4n23)sc(C)c1C. The highest BCUT2D eigenvalue weighted by Crippen LogP contribution is 2.34. The number of ether oxygens (including phenoxy) is 1. The van der Waals surface area contributed by atoms with Crippen molar-refractivity contribution in [3.05, 3.63) is 52.4 Å². The molecule has 1 unspecified atom stereocenters. The Morgan fingerprint density at radius 2 is 1.94 bits per heavy atom. The Morgan fingerprint density at radius 1 is 1.16 bits per heavy atom. The second-order valence-electron chi connectivity index (χ2n) is 7.28. The van der Waals surface area contributed by atoms with E-state index < -0.39 is 11.2 Å². The van der Waals surface area contributed by atoms with E-state index in [4.69, 9.17) is 4.74 Å². The Balaban J connectivity index is 1.62. The first-order chi connectivity index (χ1) is 15.4. The predicted octanol–water partition coefficient (Wildman–Crippen LogP) is 5.25. The molecule has 3 heterocycles. The van der Waals surface area contributed by atoms with Crippen LogP contribution in [0.15, 0.2) is 41.6 Å². The van der Waals surface area contributed by atoms with Gasteiger partial charge in [-0.25, -0.2) is 4.79 Å². The van der Waals surface area contributed by atoms with Crippen molar-refractivity contribution >= 4 is 56.5 Å². The average molecular weight is 469 g/mol. The van der Waals surface area contributed by atoms with Crippen molar-refractivity contribution < 1.29 is 14.3 Å². The Labute approximate surface area is 194 Å². The lowest BCUT2D eigenvalue weighted by Crippen LogP contribution is -2.25. The van der Waals surface area contributed by atoms with Crippen LogP contribution in [0.25, 0.3) is 16.6 Å². The molecule has 1 N–H and O–H groups in total. The van der Waals surface area contributed by atoms with E-state index in [2.05, 4.69) is 15.5 Å². The van der Waals surface area contributed by atoms with Gasteiger partial charge in [-0.05, 0) is 56.3 Å². The van der Waals surface area contributed by atoms with Crippen molar-refractivity contribution in [1.82, 2.24) is 14.6 Å². The van der Waals surface area contributed by atoms with Crippen molar-refractivity contribution in [2.24, 2.45) is 0 Å². The number of aryl methyl sites for hydroxylation is 1. The summed E-state index contributed by atoms with van der Waals surface area (Å²) in [5.41, 5.74) is 2.98. The smallest absolute Gasteiger partial charge is 0.341 e. The summed E-state index contributed by atoms with van der Waals surface area (Å²) >= 11 is 2.76. The van der Waals surface area contributed by atoms with E-state index in [1.54, 1.807) is 6.92 Å². The molecule has 0 fully saturated rings. The van der Waals surface area contributed by atoms with Crippen molar-refractivity contribution in [1.29, 1.82) is 0 Å². The number of hydrogen-bond donors (Lipinski definition) is 1. The third-order valence-corrected chi connectivity index (χ3v) is 7.69. The number of carbonyl (C=O) groups excluding carboxylic acids is 2. The van der Waals surface area contributed by atoms with Gasteiger partial charge in [0.1, 0.15) is 5.00 Å². The van der Waals surface area contributed by atoms with Gasteiger partial charge in [-0.2, -0.15) is 0 Å². The van der Waals surface area contributed by atoms with Crippen LogP contribution in [-0.2, 0) is 9.53 Å². The normalized spacial score (nSPS) is 12.2. The van der Waals surface area contributed by atoms with E-state index in [-0.39, 0.29) is 12.5 Å². The number of nitrogens with zero attached hydrogens (tertiary/aromatic N) is 3. The number of fused-ring (bicyclic) bond motifs is 3. The Morgan fingerprint density at radius 3 is 2.69 bits per heavy atom. The fourth-order valence-electron chi connectivity index (χ4n) is 3.49. The van der Waals surface area contributed by atoms with Crippen molar-refractivity contribution in [2.75, 3.05) is 11.9 Å². The van der Waals surface area contributed by atoms with Crippen LogP contribution in [0.5, 0.6) is 0 Å². The van der Waals surface area contributed by atoms with Crippen molar-refractivity contribution in [3.8, 4) is 0 Å². The van der Waals surface area contributed by atoms with E-state index in [1.807, 2.05) is 61.6 Å². The molecule has 0 aliphatic rings. The van der Waals surface area contributed by atoms with Gasteiger partial charge < -0.3 is 10.1 Å². The van der Waals surface area contributed by atoms with Gasteiger partial charge >= 0.3 is 5.97 Å². The largest absolute Gasteiger partial charge is 0.462 e. The molecule has 1 amide bonds. The number of thioether (sulfide) groups is 1. The van der Waals surface area contributed by atoms with Crippen LogP contribution in [0.4, 0.5) is 5.00 Å². The number of carbonyl (C=O) groups is 2. The van der Waals surface area contributed by atoms with Crippen LogP contribution in [0, 0.1) is 13.8 Å². The molecule has 0 aliphatic carbocycles. The quantitative estimate of drug-likeness (QED) is 0.295. The Bertz CT molecular complexity index is 1310. The first-order valence-corrected chi connectivity index (χ1v) is 12.1. The summed E-state index contributed by atoms with van der Waals surface area (Å²) in [4.78, 5) is 26.6. The number of aromatic nitrogens is 3. The number of nitrogens with one attached hydrogen (secondary N) is 1. The molecule has 0 aliphatic heterocycles. The summed E-state index contributed by atoms with van der Waals surface area (Å²) in [5, 5.41) is 13.4. The minimum atomic E-state index is -0.416. The van der Waals surface area contributed by atoms with E-state index in [0.717, 1.165) is 27.0 Å². The van der Waals surface area contributed by atoms with Gasteiger partial charge in [0.15, 0.2) is 10.8 Å². The van der Waals surface area contributed by atoms with Crippen LogP contribution in [-0.4, -0.2) is 38.3 Å². The molecule has 0 saturated heterocycles. The van der Waals surface area contributed by atoms with Crippen LogP contribution < -0.4 is 5.32 Å². The molecule has 3 aromatic heterocycles. The molecule has 9 heteroatoms. The number of rotatable bonds is 7. The lowest BCUT2D eigenvalue weighted by atomic mass is 10.1. The first-order valence-electron chi connectivity index (χ1n) is 10.4. The van der Waals surface area contributed by atoms with Gasteiger partial charge in [-0.3, -0.25) is 9.20 Å². The maximum atomic E-state index is 13.2. The highest BCUT2D eigenvalue weighted by Gasteiger charge is 2.26. The third kappa shape index (κ3) is 4.10. The molecule has 0 spiro atoms. The molecule has 0 bridgehead atoms. The van der Waals surface area contributed by atoms with Crippen LogP contribution in [0.2, 0.25) is 0 Å². The topological polar surface area (TPSA) is 85.6 Å². The molecule has 32 heavy (non-hydrogen) atoms. The summed E-state index contributed by atoms with van der Waals surface area (Å²) in [7, 11) is 0.